The van der Waals surface area contributed by atoms with Crippen LogP contribution in [0.4, 0.5) is 0 Å². The molecule has 1 aliphatic rings. The molecule has 0 radical (unpaired) electrons. The van der Waals surface area contributed by atoms with Gasteiger partial charge in [-0.05, 0) is 12.8 Å². The Hall–Kier alpha value is -0.400. The van der Waals surface area contributed by atoms with Crippen LogP contribution in [0.25, 0.3) is 0 Å². The minimum Gasteiger partial charge on any atom is -0.381 e. The molecule has 2 heterocycles. The Kier molecular flexibility index (Phi) is 8.30. The predicted molar refractivity (Wildman–Crippen MR) is 94.1 cm³/mol. The fraction of sp³-hybridized carbons (Fsp3) is 0.714. The van der Waals surface area contributed by atoms with E-state index in [1.807, 2.05) is 5.38 Å². The number of carbonyl (C=O) groups is 1. The van der Waals surface area contributed by atoms with Crippen LogP contribution in [-0.4, -0.2) is 29.6 Å². The first-order chi connectivity index (χ1) is 9.31. The molecule has 1 fully saturated rings. The average molecular weight is 370 g/mol. The molecule has 0 atom stereocenters. The number of halogens is 2. The lowest BCUT2D eigenvalue weighted by Gasteiger charge is -2.31. The van der Waals surface area contributed by atoms with E-state index in [1.54, 1.807) is 11.3 Å². The molecule has 0 unspecified atom stereocenters. The van der Waals surface area contributed by atoms with E-state index in [-0.39, 0.29) is 36.1 Å². The van der Waals surface area contributed by atoms with Gasteiger partial charge in [0.2, 0.25) is 5.91 Å². The molecule has 1 aliphatic heterocycles. The van der Waals surface area contributed by atoms with E-state index in [9.17, 15) is 4.79 Å². The fourth-order valence-electron chi connectivity index (χ4n) is 2.03. The monoisotopic (exact) mass is 369 g/mol. The summed E-state index contributed by atoms with van der Waals surface area (Å²) in [6.07, 6.45) is 1.15. The highest BCUT2D eigenvalue weighted by molar-refractivity contribution is 7.09. The van der Waals surface area contributed by atoms with Gasteiger partial charge in [-0.25, -0.2) is 4.98 Å². The number of amides is 1. The van der Waals surface area contributed by atoms with Crippen LogP contribution in [-0.2, 0) is 21.5 Å². The second-order valence-corrected chi connectivity index (χ2v) is 7.27. The highest BCUT2D eigenvalue weighted by Crippen LogP contribution is 2.24. The summed E-state index contributed by atoms with van der Waals surface area (Å²) in [6.45, 7) is 7.92. The van der Waals surface area contributed by atoms with Gasteiger partial charge in [-0.3, -0.25) is 4.79 Å². The third-order valence-electron chi connectivity index (χ3n) is 3.56. The number of nitrogens with two attached hydrogens (primary N) is 1. The van der Waals surface area contributed by atoms with Crippen molar-refractivity contribution in [1.29, 1.82) is 0 Å². The Bertz CT molecular complexity index is 483. The lowest BCUT2D eigenvalue weighted by atomic mass is 9.90. The first-order valence-electron chi connectivity index (χ1n) is 6.91. The van der Waals surface area contributed by atoms with Crippen LogP contribution in [0.5, 0.6) is 0 Å². The van der Waals surface area contributed by atoms with Crippen molar-refractivity contribution in [2.75, 3.05) is 13.2 Å². The van der Waals surface area contributed by atoms with Gasteiger partial charge in [0.25, 0.3) is 0 Å². The molecule has 0 bridgehead atoms. The minimum absolute atomic E-state index is 0. The van der Waals surface area contributed by atoms with E-state index in [4.69, 9.17) is 10.5 Å². The third kappa shape index (κ3) is 5.35. The van der Waals surface area contributed by atoms with E-state index < -0.39 is 5.54 Å². The fourth-order valence-corrected chi connectivity index (χ4v) is 2.99. The van der Waals surface area contributed by atoms with Gasteiger partial charge in [0, 0.05) is 24.0 Å². The van der Waals surface area contributed by atoms with Crippen molar-refractivity contribution in [2.45, 2.75) is 51.1 Å². The zero-order valence-electron chi connectivity index (χ0n) is 13.2. The lowest BCUT2D eigenvalue weighted by Crippen LogP contribution is -2.56. The van der Waals surface area contributed by atoms with Gasteiger partial charge >= 0.3 is 0 Å². The average Bonchev–Trinajstić information content (AvgIpc) is 2.85. The quantitative estimate of drug-likeness (QED) is 0.857. The first kappa shape index (κ1) is 21.6. The van der Waals surface area contributed by atoms with Gasteiger partial charge in [0.15, 0.2) is 0 Å². The Morgan fingerprint density at radius 1 is 1.41 bits per heavy atom. The van der Waals surface area contributed by atoms with Crippen LogP contribution in [0.15, 0.2) is 5.38 Å². The van der Waals surface area contributed by atoms with Gasteiger partial charge in [-0.15, -0.1) is 36.2 Å². The van der Waals surface area contributed by atoms with E-state index in [2.05, 4.69) is 31.1 Å². The molecule has 1 saturated heterocycles. The molecule has 0 aromatic carbocycles. The molecule has 2 rings (SSSR count). The molecule has 1 amide bonds. The molecule has 1 aromatic rings. The number of ether oxygens (including phenoxy) is 1. The summed E-state index contributed by atoms with van der Waals surface area (Å²) in [7, 11) is 0. The summed E-state index contributed by atoms with van der Waals surface area (Å²) in [5.74, 6) is -0.103. The van der Waals surface area contributed by atoms with Gasteiger partial charge in [0.1, 0.15) is 5.01 Å². The second-order valence-electron chi connectivity index (χ2n) is 6.33. The summed E-state index contributed by atoms with van der Waals surface area (Å²) in [4.78, 5) is 16.7. The van der Waals surface area contributed by atoms with Crippen molar-refractivity contribution in [3.8, 4) is 0 Å². The molecule has 5 nitrogen and oxygen atoms in total. The molecule has 0 saturated carbocycles. The molecule has 128 valence electrons. The number of rotatable bonds is 3. The van der Waals surface area contributed by atoms with Crippen LogP contribution in [0.2, 0.25) is 0 Å². The topological polar surface area (TPSA) is 77.2 Å². The molecular formula is C14H25Cl2N3O2S. The molecule has 22 heavy (non-hydrogen) atoms. The molecule has 0 aliphatic carbocycles. The first-order valence-corrected chi connectivity index (χ1v) is 7.79. The zero-order chi connectivity index (χ0) is 14.8. The van der Waals surface area contributed by atoms with Crippen LogP contribution in [0, 0.1) is 0 Å². The van der Waals surface area contributed by atoms with Crippen molar-refractivity contribution < 1.29 is 9.53 Å². The summed E-state index contributed by atoms with van der Waals surface area (Å²) < 4.78 is 5.25. The van der Waals surface area contributed by atoms with E-state index >= 15 is 0 Å². The minimum atomic E-state index is -0.789. The third-order valence-corrected chi connectivity index (χ3v) is 4.41. The van der Waals surface area contributed by atoms with Crippen LogP contribution in [0.1, 0.15) is 44.3 Å². The van der Waals surface area contributed by atoms with Crippen molar-refractivity contribution in [3.05, 3.63) is 16.1 Å². The number of aromatic nitrogens is 1. The van der Waals surface area contributed by atoms with Crippen LogP contribution in [0.3, 0.4) is 0 Å². The normalized spacial score (nSPS) is 17.1. The van der Waals surface area contributed by atoms with Crippen molar-refractivity contribution >= 4 is 42.1 Å². The zero-order valence-corrected chi connectivity index (χ0v) is 15.6. The summed E-state index contributed by atoms with van der Waals surface area (Å²) >= 11 is 1.57. The Morgan fingerprint density at radius 3 is 2.50 bits per heavy atom. The number of hydrogen-bond acceptors (Lipinski definition) is 5. The standard InChI is InChI=1S/C14H23N3O2S.2ClH/c1-13(2,3)10-9-20-11(17-10)8-16-12(18)14(15)4-6-19-7-5-14;;/h9H,4-8,15H2,1-3H3,(H,16,18);2*1H. The maximum atomic E-state index is 12.2. The maximum Gasteiger partial charge on any atom is 0.240 e. The van der Waals surface area contributed by atoms with Crippen molar-refractivity contribution in [2.24, 2.45) is 5.73 Å². The SMILES string of the molecule is CC(C)(C)c1csc(CNC(=O)C2(N)CCOCC2)n1.Cl.Cl. The summed E-state index contributed by atoms with van der Waals surface area (Å²) in [5.41, 5.74) is 6.43. The molecule has 8 heteroatoms. The van der Waals surface area contributed by atoms with Crippen molar-refractivity contribution in [3.63, 3.8) is 0 Å². The molecule has 3 N–H and O–H groups in total. The number of hydrogen-bond donors (Lipinski definition) is 2. The Labute approximate surface area is 148 Å². The molecule has 0 spiro atoms. The van der Waals surface area contributed by atoms with E-state index in [1.165, 1.54) is 0 Å². The Balaban J connectivity index is 0.00000220. The largest absolute Gasteiger partial charge is 0.381 e. The Morgan fingerprint density at radius 2 is 2.00 bits per heavy atom. The number of nitrogens with one attached hydrogen (secondary N) is 1. The van der Waals surface area contributed by atoms with E-state index in [0.29, 0.717) is 32.6 Å². The predicted octanol–water partition coefficient (Wildman–Crippen LogP) is 2.41. The second kappa shape index (κ2) is 8.45. The van der Waals surface area contributed by atoms with Crippen LogP contribution >= 0.6 is 36.2 Å². The lowest BCUT2D eigenvalue weighted by molar-refractivity contribution is -0.129. The maximum absolute atomic E-state index is 12.2. The highest BCUT2D eigenvalue weighted by atomic mass is 35.5. The van der Waals surface area contributed by atoms with Gasteiger partial charge < -0.3 is 15.8 Å². The number of carbonyl (C=O) groups excluding carboxylic acids is 1. The molecular weight excluding hydrogens is 345 g/mol. The van der Waals surface area contributed by atoms with Gasteiger partial charge in [-0.1, -0.05) is 20.8 Å². The van der Waals surface area contributed by atoms with Gasteiger partial charge in [-0.2, -0.15) is 0 Å². The summed E-state index contributed by atoms with van der Waals surface area (Å²) in [5, 5.41) is 5.87. The van der Waals surface area contributed by atoms with Crippen LogP contribution < -0.4 is 11.1 Å². The number of thiazole rings is 1. The van der Waals surface area contributed by atoms with Crippen molar-refractivity contribution in [1.82, 2.24) is 10.3 Å². The number of nitrogens with zero attached hydrogens (tertiary/aromatic N) is 1. The van der Waals surface area contributed by atoms with E-state index in [0.717, 1.165) is 10.7 Å². The van der Waals surface area contributed by atoms with Gasteiger partial charge in [0.05, 0.1) is 17.8 Å². The smallest absolute Gasteiger partial charge is 0.240 e. The highest BCUT2D eigenvalue weighted by Gasteiger charge is 2.35. The molecule has 1 aromatic heterocycles. The summed E-state index contributed by atoms with van der Waals surface area (Å²) in [6, 6.07) is 0.